The fourth-order valence-corrected chi connectivity index (χ4v) is 2.49. The quantitative estimate of drug-likeness (QED) is 0.898. The molecule has 1 amide bonds. The Morgan fingerprint density at radius 1 is 1.45 bits per heavy atom. The Kier molecular flexibility index (Phi) is 5.09. The third-order valence-corrected chi connectivity index (χ3v) is 3.54. The molecule has 1 fully saturated rings. The van der Waals surface area contributed by atoms with Crippen LogP contribution in [0.2, 0.25) is 0 Å². The first-order valence-electron chi connectivity index (χ1n) is 6.89. The van der Waals surface area contributed by atoms with E-state index in [1.54, 1.807) is 6.07 Å². The van der Waals surface area contributed by atoms with Crippen molar-refractivity contribution in [3.63, 3.8) is 0 Å². The van der Waals surface area contributed by atoms with Gasteiger partial charge in [0.05, 0.1) is 5.54 Å². The molecule has 0 saturated carbocycles. The molecular formula is C15H20FNO3. The fourth-order valence-electron chi connectivity index (χ4n) is 2.49. The third kappa shape index (κ3) is 3.55. The van der Waals surface area contributed by atoms with E-state index < -0.39 is 5.54 Å². The first-order valence-corrected chi connectivity index (χ1v) is 6.89. The van der Waals surface area contributed by atoms with Gasteiger partial charge in [0.15, 0.2) is 0 Å². The average Bonchev–Trinajstić information content (AvgIpc) is 2.46. The van der Waals surface area contributed by atoms with Crippen molar-refractivity contribution in [1.82, 2.24) is 5.32 Å². The van der Waals surface area contributed by atoms with E-state index in [1.165, 1.54) is 12.1 Å². The predicted molar refractivity (Wildman–Crippen MR) is 72.8 cm³/mol. The molecular weight excluding hydrogens is 261 g/mol. The molecule has 0 atom stereocenters. The minimum Gasteiger partial charge on any atom is -0.381 e. The van der Waals surface area contributed by atoms with Gasteiger partial charge in [-0.05, 0) is 37.5 Å². The van der Waals surface area contributed by atoms with Gasteiger partial charge in [0.25, 0.3) is 0 Å². The van der Waals surface area contributed by atoms with Crippen LogP contribution in [0, 0.1) is 5.82 Å². The minimum atomic E-state index is -0.561. The van der Waals surface area contributed by atoms with Crippen molar-refractivity contribution in [2.45, 2.75) is 25.3 Å². The lowest BCUT2D eigenvalue weighted by Gasteiger charge is -2.38. The Morgan fingerprint density at radius 3 is 2.85 bits per heavy atom. The molecule has 0 bridgehead atoms. The molecule has 0 radical (unpaired) electrons. The highest BCUT2D eigenvalue weighted by molar-refractivity contribution is 5.78. The first kappa shape index (κ1) is 14.9. The summed E-state index contributed by atoms with van der Waals surface area (Å²) >= 11 is 0. The van der Waals surface area contributed by atoms with Gasteiger partial charge in [-0.25, -0.2) is 4.39 Å². The number of benzene rings is 1. The van der Waals surface area contributed by atoms with Gasteiger partial charge in [-0.15, -0.1) is 0 Å². The molecule has 1 heterocycles. The van der Waals surface area contributed by atoms with Gasteiger partial charge in [-0.2, -0.15) is 0 Å². The largest absolute Gasteiger partial charge is 0.381 e. The monoisotopic (exact) mass is 281 g/mol. The van der Waals surface area contributed by atoms with Crippen LogP contribution in [0.4, 0.5) is 4.39 Å². The summed E-state index contributed by atoms with van der Waals surface area (Å²) in [6, 6.07) is 6.39. The van der Waals surface area contributed by atoms with Crippen LogP contribution in [-0.4, -0.2) is 32.3 Å². The number of carbonyl (C=O) groups is 1. The molecule has 4 nitrogen and oxygen atoms in total. The first-order chi connectivity index (χ1) is 9.66. The normalized spacial score (nSPS) is 17.7. The molecule has 1 saturated heterocycles. The van der Waals surface area contributed by atoms with Crippen LogP contribution in [0.3, 0.4) is 0 Å². The van der Waals surface area contributed by atoms with E-state index in [4.69, 9.17) is 9.47 Å². The molecule has 1 N–H and O–H groups in total. The number of amides is 1. The van der Waals surface area contributed by atoms with Gasteiger partial charge in [0, 0.05) is 19.8 Å². The number of carbonyl (C=O) groups excluding carboxylic acids is 1. The zero-order valence-electron chi connectivity index (χ0n) is 11.7. The maximum absolute atomic E-state index is 13.5. The summed E-state index contributed by atoms with van der Waals surface area (Å²) in [4.78, 5) is 12.0. The molecule has 0 spiro atoms. The fraction of sp³-hybridized carbons (Fsp3) is 0.533. The molecule has 0 aliphatic carbocycles. The van der Waals surface area contributed by atoms with Crippen LogP contribution in [0.1, 0.15) is 25.3 Å². The van der Waals surface area contributed by atoms with Gasteiger partial charge < -0.3 is 14.8 Å². The second-order valence-corrected chi connectivity index (χ2v) is 4.89. The van der Waals surface area contributed by atoms with Crippen molar-refractivity contribution in [3.05, 3.63) is 35.6 Å². The van der Waals surface area contributed by atoms with E-state index in [1.807, 2.05) is 13.0 Å². The third-order valence-electron chi connectivity index (χ3n) is 3.54. The van der Waals surface area contributed by atoms with E-state index in [-0.39, 0.29) is 18.3 Å². The Hall–Kier alpha value is -1.46. The summed E-state index contributed by atoms with van der Waals surface area (Å²) in [5.74, 6) is -0.481. The van der Waals surface area contributed by atoms with Crippen LogP contribution >= 0.6 is 0 Å². The van der Waals surface area contributed by atoms with E-state index in [2.05, 4.69) is 5.32 Å². The standard InChI is InChI=1S/C15H20FNO3/c1-2-19-11-14(18)17-15(6-8-20-9-7-15)12-4-3-5-13(16)10-12/h3-5,10H,2,6-9,11H2,1H3,(H,17,18). The molecule has 20 heavy (non-hydrogen) atoms. The van der Waals surface area contributed by atoms with Crippen LogP contribution in [-0.2, 0) is 19.8 Å². The Morgan fingerprint density at radius 2 is 2.20 bits per heavy atom. The summed E-state index contributed by atoms with van der Waals surface area (Å²) in [6.07, 6.45) is 1.27. The minimum absolute atomic E-state index is 0.0222. The lowest BCUT2D eigenvalue weighted by molar-refractivity contribution is -0.129. The van der Waals surface area contributed by atoms with Crippen molar-refractivity contribution < 1.29 is 18.7 Å². The summed E-state index contributed by atoms with van der Waals surface area (Å²) in [6.45, 7) is 3.44. The molecule has 0 aromatic heterocycles. The number of rotatable bonds is 5. The second-order valence-electron chi connectivity index (χ2n) is 4.89. The van der Waals surface area contributed by atoms with Crippen molar-refractivity contribution in [2.24, 2.45) is 0 Å². The van der Waals surface area contributed by atoms with Crippen molar-refractivity contribution >= 4 is 5.91 Å². The van der Waals surface area contributed by atoms with Gasteiger partial charge in [-0.1, -0.05) is 12.1 Å². The Bertz CT molecular complexity index is 458. The zero-order valence-corrected chi connectivity index (χ0v) is 11.7. The smallest absolute Gasteiger partial charge is 0.246 e. The lowest BCUT2D eigenvalue weighted by Crippen LogP contribution is -2.50. The zero-order chi connectivity index (χ0) is 14.4. The van der Waals surface area contributed by atoms with Crippen molar-refractivity contribution in [2.75, 3.05) is 26.4 Å². The highest BCUT2D eigenvalue weighted by atomic mass is 19.1. The summed E-state index contributed by atoms with van der Waals surface area (Å²) in [7, 11) is 0. The molecule has 2 rings (SSSR count). The molecule has 1 aromatic carbocycles. The molecule has 1 aliphatic heterocycles. The van der Waals surface area contributed by atoms with Gasteiger partial charge >= 0.3 is 0 Å². The Labute approximate surface area is 118 Å². The van der Waals surface area contributed by atoms with E-state index in [0.29, 0.717) is 32.7 Å². The number of hydrogen-bond acceptors (Lipinski definition) is 3. The summed E-state index contributed by atoms with van der Waals surface area (Å²) in [5.41, 5.74) is 0.222. The maximum atomic E-state index is 13.5. The van der Waals surface area contributed by atoms with Gasteiger partial charge in [-0.3, -0.25) is 4.79 Å². The predicted octanol–water partition coefficient (Wildman–Crippen LogP) is 1.98. The van der Waals surface area contributed by atoms with Gasteiger partial charge in [0.2, 0.25) is 5.91 Å². The highest BCUT2D eigenvalue weighted by Gasteiger charge is 2.36. The lowest BCUT2D eigenvalue weighted by atomic mass is 9.82. The van der Waals surface area contributed by atoms with Crippen molar-refractivity contribution in [1.29, 1.82) is 0 Å². The second kappa shape index (κ2) is 6.81. The van der Waals surface area contributed by atoms with E-state index >= 15 is 0 Å². The maximum Gasteiger partial charge on any atom is 0.246 e. The van der Waals surface area contributed by atoms with E-state index in [0.717, 1.165) is 5.56 Å². The number of ether oxygens (including phenoxy) is 2. The van der Waals surface area contributed by atoms with Crippen molar-refractivity contribution in [3.8, 4) is 0 Å². The summed E-state index contributed by atoms with van der Waals surface area (Å²) < 4.78 is 24.0. The Balaban J connectivity index is 2.19. The van der Waals surface area contributed by atoms with Crippen LogP contribution in [0.15, 0.2) is 24.3 Å². The molecule has 110 valence electrons. The van der Waals surface area contributed by atoms with Gasteiger partial charge in [0.1, 0.15) is 12.4 Å². The van der Waals surface area contributed by atoms with Crippen LogP contribution in [0.25, 0.3) is 0 Å². The topological polar surface area (TPSA) is 47.6 Å². The summed E-state index contributed by atoms with van der Waals surface area (Å²) in [5, 5.41) is 3.00. The molecule has 0 unspecified atom stereocenters. The van der Waals surface area contributed by atoms with Crippen LogP contribution in [0.5, 0.6) is 0 Å². The average molecular weight is 281 g/mol. The highest BCUT2D eigenvalue weighted by Crippen LogP contribution is 2.32. The molecule has 1 aliphatic rings. The van der Waals surface area contributed by atoms with Crippen LogP contribution < -0.4 is 5.32 Å². The number of nitrogens with one attached hydrogen (secondary N) is 1. The SMILES string of the molecule is CCOCC(=O)NC1(c2cccc(F)c2)CCOCC1. The molecule has 5 heteroatoms. The van der Waals surface area contributed by atoms with E-state index in [9.17, 15) is 9.18 Å². The number of halogens is 1. The number of hydrogen-bond donors (Lipinski definition) is 1. The molecule has 1 aromatic rings.